The van der Waals surface area contributed by atoms with E-state index in [0.29, 0.717) is 16.7 Å². The van der Waals surface area contributed by atoms with Gasteiger partial charge in [-0.1, -0.05) is 17.7 Å². The molecule has 1 aromatic carbocycles. The third-order valence-corrected chi connectivity index (χ3v) is 3.88. The molecule has 2 heterocycles. The maximum Gasteiger partial charge on any atom is 0.206 e. The topological polar surface area (TPSA) is 30.2 Å². The van der Waals surface area contributed by atoms with Crippen molar-refractivity contribution in [2.24, 2.45) is 0 Å². The van der Waals surface area contributed by atoms with Gasteiger partial charge in [-0.25, -0.2) is 0 Å². The first-order valence-electron chi connectivity index (χ1n) is 5.11. The standard InChI is InChI=1S/C13H10O2S/c1-8-6-11-13(16-7-8)12(14)9-4-2-3-5-10(9)15-11/h2-6H,7H2,1H3. The maximum absolute atomic E-state index is 12.2. The number of hydrogen-bond acceptors (Lipinski definition) is 3. The molecule has 0 atom stereocenters. The molecule has 0 bridgehead atoms. The van der Waals surface area contributed by atoms with Crippen LogP contribution in [0.25, 0.3) is 17.0 Å². The number of benzene rings is 1. The number of thioether (sulfide) groups is 1. The van der Waals surface area contributed by atoms with Crippen LogP contribution in [0.1, 0.15) is 12.7 Å². The maximum atomic E-state index is 12.2. The van der Waals surface area contributed by atoms with Gasteiger partial charge in [0.25, 0.3) is 0 Å². The molecule has 80 valence electrons. The van der Waals surface area contributed by atoms with E-state index in [1.165, 1.54) is 5.57 Å². The predicted octanol–water partition coefficient (Wildman–Crippen LogP) is 3.30. The van der Waals surface area contributed by atoms with Gasteiger partial charge in [-0.15, -0.1) is 11.8 Å². The van der Waals surface area contributed by atoms with Crippen molar-refractivity contribution in [3.05, 3.63) is 45.8 Å². The van der Waals surface area contributed by atoms with Gasteiger partial charge in [0.05, 0.1) is 10.3 Å². The van der Waals surface area contributed by atoms with E-state index in [2.05, 4.69) is 0 Å². The molecule has 1 aromatic heterocycles. The molecule has 0 N–H and O–H groups in total. The highest BCUT2D eigenvalue weighted by Crippen LogP contribution is 2.31. The lowest BCUT2D eigenvalue weighted by atomic mass is 10.2. The van der Waals surface area contributed by atoms with Gasteiger partial charge in [-0.05, 0) is 25.1 Å². The van der Waals surface area contributed by atoms with Crippen molar-refractivity contribution in [1.29, 1.82) is 0 Å². The number of rotatable bonds is 0. The van der Waals surface area contributed by atoms with E-state index in [-0.39, 0.29) is 5.43 Å². The summed E-state index contributed by atoms with van der Waals surface area (Å²) in [6, 6.07) is 7.39. The Labute approximate surface area is 97.0 Å². The zero-order chi connectivity index (χ0) is 11.1. The predicted molar refractivity (Wildman–Crippen MR) is 66.9 cm³/mol. The van der Waals surface area contributed by atoms with Crippen LogP contribution in [0.15, 0.2) is 43.9 Å². The minimum atomic E-state index is 0.0885. The van der Waals surface area contributed by atoms with Gasteiger partial charge in [0, 0.05) is 5.75 Å². The van der Waals surface area contributed by atoms with Gasteiger partial charge in [0.15, 0.2) is 0 Å². The van der Waals surface area contributed by atoms with E-state index in [0.717, 1.165) is 10.6 Å². The fourth-order valence-corrected chi connectivity index (χ4v) is 2.76. The summed E-state index contributed by atoms with van der Waals surface area (Å²) >= 11 is 1.56. The van der Waals surface area contributed by atoms with Gasteiger partial charge < -0.3 is 4.42 Å². The molecule has 0 radical (unpaired) electrons. The summed E-state index contributed by atoms with van der Waals surface area (Å²) in [7, 11) is 0. The largest absolute Gasteiger partial charge is 0.455 e. The third kappa shape index (κ3) is 1.39. The van der Waals surface area contributed by atoms with Crippen molar-refractivity contribution in [3.8, 4) is 0 Å². The molecule has 0 aliphatic carbocycles. The Balaban J connectivity index is 2.43. The Kier molecular flexibility index (Phi) is 2.14. The van der Waals surface area contributed by atoms with Crippen molar-refractivity contribution in [3.63, 3.8) is 0 Å². The van der Waals surface area contributed by atoms with Crippen LogP contribution in [0.5, 0.6) is 0 Å². The molecule has 0 amide bonds. The highest BCUT2D eigenvalue weighted by molar-refractivity contribution is 7.99. The molecule has 1 aliphatic rings. The first kappa shape index (κ1) is 9.73. The van der Waals surface area contributed by atoms with Crippen molar-refractivity contribution in [2.45, 2.75) is 11.8 Å². The molecule has 0 unspecified atom stereocenters. The van der Waals surface area contributed by atoms with Crippen molar-refractivity contribution >= 4 is 28.8 Å². The fourth-order valence-electron chi connectivity index (χ4n) is 1.83. The molecule has 0 spiro atoms. The smallest absolute Gasteiger partial charge is 0.206 e. The van der Waals surface area contributed by atoms with Crippen molar-refractivity contribution in [2.75, 3.05) is 5.75 Å². The second-order valence-electron chi connectivity index (χ2n) is 3.90. The average Bonchev–Trinajstić information content (AvgIpc) is 2.29. The van der Waals surface area contributed by atoms with Crippen molar-refractivity contribution in [1.82, 2.24) is 0 Å². The first-order valence-corrected chi connectivity index (χ1v) is 6.10. The van der Waals surface area contributed by atoms with E-state index in [1.807, 2.05) is 37.3 Å². The monoisotopic (exact) mass is 230 g/mol. The lowest BCUT2D eigenvalue weighted by Crippen LogP contribution is -2.09. The van der Waals surface area contributed by atoms with Gasteiger partial charge in [0.2, 0.25) is 5.43 Å². The van der Waals surface area contributed by atoms with E-state index < -0.39 is 0 Å². The molecular weight excluding hydrogens is 220 g/mol. The SMILES string of the molecule is CC1=Cc2oc3ccccc3c(=O)c2SC1. The van der Waals surface area contributed by atoms with Crippen LogP contribution in [-0.2, 0) is 0 Å². The molecule has 0 fully saturated rings. The summed E-state index contributed by atoms with van der Waals surface area (Å²) in [5.41, 5.74) is 1.99. The molecule has 0 saturated heterocycles. The van der Waals surface area contributed by atoms with E-state index in [1.54, 1.807) is 11.8 Å². The zero-order valence-corrected chi connectivity index (χ0v) is 9.64. The van der Waals surface area contributed by atoms with Crippen LogP contribution in [0.4, 0.5) is 0 Å². The quantitative estimate of drug-likeness (QED) is 0.695. The normalized spacial score (nSPS) is 14.7. The van der Waals surface area contributed by atoms with Gasteiger partial charge in [0.1, 0.15) is 11.3 Å². The highest BCUT2D eigenvalue weighted by Gasteiger charge is 2.16. The second-order valence-corrected chi connectivity index (χ2v) is 4.89. The number of fused-ring (bicyclic) bond motifs is 2. The number of hydrogen-bond donors (Lipinski definition) is 0. The lowest BCUT2D eigenvalue weighted by molar-refractivity contribution is 0.573. The summed E-state index contributed by atoms with van der Waals surface area (Å²) in [4.78, 5) is 12.9. The summed E-state index contributed by atoms with van der Waals surface area (Å²) < 4.78 is 5.74. The van der Waals surface area contributed by atoms with Crippen LogP contribution in [-0.4, -0.2) is 5.75 Å². The van der Waals surface area contributed by atoms with Crippen molar-refractivity contribution < 1.29 is 4.42 Å². The molecule has 2 nitrogen and oxygen atoms in total. The van der Waals surface area contributed by atoms with Gasteiger partial charge in [-0.2, -0.15) is 0 Å². The zero-order valence-electron chi connectivity index (χ0n) is 8.82. The van der Waals surface area contributed by atoms with Gasteiger partial charge in [-0.3, -0.25) is 4.79 Å². The van der Waals surface area contributed by atoms with Gasteiger partial charge >= 0.3 is 0 Å². The summed E-state index contributed by atoms with van der Waals surface area (Å²) in [6.45, 7) is 2.05. The van der Waals surface area contributed by atoms with Crippen LogP contribution >= 0.6 is 11.8 Å². The fraction of sp³-hybridized carbons (Fsp3) is 0.154. The van der Waals surface area contributed by atoms with Crippen LogP contribution in [0.2, 0.25) is 0 Å². The van der Waals surface area contributed by atoms with E-state index in [9.17, 15) is 4.79 Å². The lowest BCUT2D eigenvalue weighted by Gasteiger charge is -2.12. The third-order valence-electron chi connectivity index (χ3n) is 2.60. The molecule has 1 aliphatic heterocycles. The Bertz CT molecular complexity index is 653. The molecule has 3 heteroatoms. The Morgan fingerprint density at radius 2 is 2.12 bits per heavy atom. The summed E-state index contributed by atoms with van der Waals surface area (Å²) in [5.74, 6) is 1.58. The Morgan fingerprint density at radius 3 is 3.00 bits per heavy atom. The molecule has 0 saturated carbocycles. The van der Waals surface area contributed by atoms with E-state index in [4.69, 9.17) is 4.42 Å². The molecule has 16 heavy (non-hydrogen) atoms. The number of para-hydroxylation sites is 1. The van der Waals surface area contributed by atoms with Crippen LogP contribution in [0, 0.1) is 0 Å². The minimum Gasteiger partial charge on any atom is -0.455 e. The first-order chi connectivity index (χ1) is 7.75. The van der Waals surface area contributed by atoms with Crippen LogP contribution < -0.4 is 5.43 Å². The highest BCUT2D eigenvalue weighted by atomic mass is 32.2. The average molecular weight is 230 g/mol. The Morgan fingerprint density at radius 1 is 1.31 bits per heavy atom. The second kappa shape index (κ2) is 3.52. The summed E-state index contributed by atoms with van der Waals surface area (Å²) in [6.07, 6.45) is 1.96. The Hall–Kier alpha value is -1.48. The van der Waals surface area contributed by atoms with Crippen LogP contribution in [0.3, 0.4) is 0 Å². The molecular formula is C13H10O2S. The van der Waals surface area contributed by atoms with E-state index >= 15 is 0 Å². The summed E-state index contributed by atoms with van der Waals surface area (Å²) in [5, 5.41) is 0.668. The molecule has 3 rings (SSSR count). The molecule has 2 aromatic rings. The minimum absolute atomic E-state index is 0.0885.